The molecule has 4 bridgehead atoms. The van der Waals surface area contributed by atoms with Gasteiger partial charge in [0.15, 0.2) is 11.3 Å². The Morgan fingerprint density at radius 3 is 2.83 bits per heavy atom. The molecule has 5 aromatic rings. The molecule has 0 aliphatic carbocycles. The number of pyridine rings is 1. The van der Waals surface area contributed by atoms with Gasteiger partial charge in [-0.15, -0.1) is 0 Å². The number of aryl methyl sites for hydroxylation is 1. The first-order chi connectivity index (χ1) is 16.8. The molecule has 5 aromatic heterocycles. The molecule has 178 valence electrons. The number of amides is 1. The van der Waals surface area contributed by atoms with Gasteiger partial charge in [-0.2, -0.15) is 18.3 Å². The number of fused-ring (bicyclic) bond motifs is 8. The summed E-state index contributed by atoms with van der Waals surface area (Å²) in [6.07, 6.45) is 2.05. The number of imidazole rings is 1. The van der Waals surface area contributed by atoms with Crippen molar-refractivity contribution >= 4 is 22.7 Å². The number of nitrogens with zero attached hydrogens (tertiary/aromatic N) is 7. The topological polar surface area (TPSA) is 97.0 Å². The largest absolute Gasteiger partial charge is 0.435 e. The fraction of sp³-hybridized carbons (Fsp3) is 0.261. The molecule has 1 amide bonds. The molecule has 0 saturated carbocycles. The Morgan fingerprint density at radius 1 is 1.14 bits per heavy atom. The van der Waals surface area contributed by atoms with Gasteiger partial charge in [0.25, 0.3) is 0 Å². The van der Waals surface area contributed by atoms with Crippen molar-refractivity contribution in [1.29, 1.82) is 0 Å². The van der Waals surface area contributed by atoms with Crippen molar-refractivity contribution < 1.29 is 18.0 Å². The Hall–Kier alpha value is -4.22. The second-order valence-electron chi connectivity index (χ2n) is 8.50. The lowest BCUT2D eigenvalue weighted by Gasteiger charge is -2.17. The van der Waals surface area contributed by atoms with E-state index in [1.807, 2.05) is 28.8 Å². The van der Waals surface area contributed by atoms with Gasteiger partial charge >= 0.3 is 6.18 Å². The second-order valence-corrected chi connectivity index (χ2v) is 8.50. The summed E-state index contributed by atoms with van der Waals surface area (Å²) in [5.41, 5.74) is 2.16. The zero-order valence-corrected chi connectivity index (χ0v) is 18.5. The van der Waals surface area contributed by atoms with Crippen LogP contribution in [0.4, 0.5) is 13.2 Å². The van der Waals surface area contributed by atoms with Gasteiger partial charge in [0.1, 0.15) is 16.9 Å². The summed E-state index contributed by atoms with van der Waals surface area (Å²) >= 11 is 0. The lowest BCUT2D eigenvalue weighted by atomic mass is 10.1. The molecule has 6 rings (SSSR count). The van der Waals surface area contributed by atoms with E-state index in [1.54, 1.807) is 18.1 Å². The first kappa shape index (κ1) is 21.3. The van der Waals surface area contributed by atoms with Crippen LogP contribution in [0.2, 0.25) is 0 Å². The zero-order valence-electron chi connectivity index (χ0n) is 18.5. The smallest absolute Gasteiger partial charge is 0.344 e. The summed E-state index contributed by atoms with van der Waals surface area (Å²) in [6.45, 7) is 0.417. The molecule has 1 aliphatic heterocycles. The normalized spacial score (nSPS) is 15.0. The van der Waals surface area contributed by atoms with Crippen LogP contribution in [0, 0.1) is 0 Å². The van der Waals surface area contributed by atoms with Crippen LogP contribution in [-0.2, 0) is 24.1 Å². The molecule has 0 spiro atoms. The fourth-order valence-electron chi connectivity index (χ4n) is 4.48. The van der Waals surface area contributed by atoms with Crippen LogP contribution in [0.15, 0.2) is 43.0 Å². The van der Waals surface area contributed by atoms with E-state index >= 15 is 0 Å². The summed E-state index contributed by atoms with van der Waals surface area (Å²) in [5.74, 6) is -0.140. The van der Waals surface area contributed by atoms with Gasteiger partial charge in [0, 0.05) is 49.7 Å². The minimum absolute atomic E-state index is 0.0908. The van der Waals surface area contributed by atoms with Gasteiger partial charge < -0.3 is 9.88 Å². The molecule has 0 unspecified atom stereocenters. The quantitative estimate of drug-likeness (QED) is 0.363. The first-order valence-electron chi connectivity index (χ1n) is 11.0. The Labute approximate surface area is 196 Å². The number of carbonyl (C=O) groups excluding carboxylic acids is 1. The van der Waals surface area contributed by atoms with Crippen LogP contribution in [-0.4, -0.2) is 52.0 Å². The Bertz CT molecular complexity index is 1600. The van der Waals surface area contributed by atoms with Gasteiger partial charge in [0.05, 0.1) is 24.1 Å². The highest BCUT2D eigenvalue weighted by atomic mass is 19.4. The van der Waals surface area contributed by atoms with Crippen LogP contribution < -0.4 is 0 Å². The number of halogens is 3. The molecule has 12 heteroatoms. The van der Waals surface area contributed by atoms with Crippen molar-refractivity contribution in [1.82, 2.24) is 39.0 Å². The molecule has 1 N–H and O–H groups in total. The summed E-state index contributed by atoms with van der Waals surface area (Å²) in [6, 6.07) is 5.54. The van der Waals surface area contributed by atoms with Crippen molar-refractivity contribution in [3.8, 4) is 22.5 Å². The number of carbonyl (C=O) groups is 1. The van der Waals surface area contributed by atoms with Crippen molar-refractivity contribution in [3.05, 3.63) is 54.4 Å². The molecule has 0 radical (unpaired) electrons. The van der Waals surface area contributed by atoms with E-state index in [2.05, 4.69) is 15.1 Å². The highest BCUT2D eigenvalue weighted by molar-refractivity contribution is 5.92. The monoisotopic (exact) mass is 480 g/mol. The maximum Gasteiger partial charge on any atom is 0.435 e. The molecule has 35 heavy (non-hydrogen) atoms. The number of hydrogen-bond acceptors (Lipinski definition) is 5. The number of hydrogen-bond donors (Lipinski definition) is 1. The standard InChI is InChI=1S/C23H19F3N8O/c1-32-12-16-20(34-8-3-2-5-17(34)29-16)15-10-28-22-19(30-15)13(9-27-22)14-11-33(7-4-6-18(32)35)31-21(14)23(24,25)26/h2-3,5,8-11H,4,6-7,12H2,1H3,(H,27,28). The Kier molecular flexibility index (Phi) is 4.66. The van der Waals surface area contributed by atoms with Crippen molar-refractivity contribution in [3.63, 3.8) is 0 Å². The minimum Gasteiger partial charge on any atom is -0.344 e. The van der Waals surface area contributed by atoms with E-state index in [-0.39, 0.29) is 36.5 Å². The third-order valence-corrected chi connectivity index (χ3v) is 6.14. The molecule has 0 aromatic carbocycles. The lowest BCUT2D eigenvalue weighted by molar-refractivity contribution is -0.141. The van der Waals surface area contributed by atoms with Crippen molar-refractivity contribution in [2.24, 2.45) is 0 Å². The minimum atomic E-state index is -4.66. The molecule has 6 heterocycles. The number of nitrogens with one attached hydrogen (secondary N) is 1. The van der Waals surface area contributed by atoms with Crippen LogP contribution in [0.3, 0.4) is 0 Å². The SMILES string of the molecule is CN1Cc2nc3ccccn3c2-c2cnc3[nH]cc(c3n2)-c2cn(nc2C(F)(F)F)CCCC1=O. The number of aromatic nitrogens is 7. The average molecular weight is 480 g/mol. The Balaban J connectivity index is 1.64. The second kappa shape index (κ2) is 7.65. The van der Waals surface area contributed by atoms with E-state index in [4.69, 9.17) is 9.97 Å². The predicted molar refractivity (Wildman–Crippen MR) is 120 cm³/mol. The van der Waals surface area contributed by atoms with Gasteiger partial charge in [-0.1, -0.05) is 6.07 Å². The van der Waals surface area contributed by atoms with E-state index in [0.29, 0.717) is 40.3 Å². The number of H-pyrrole nitrogens is 1. The number of aromatic amines is 1. The average Bonchev–Trinajstić information content (AvgIpc) is 3.52. The molecular weight excluding hydrogens is 461 g/mol. The highest BCUT2D eigenvalue weighted by Crippen LogP contribution is 2.39. The maximum atomic E-state index is 13.9. The fourth-order valence-corrected chi connectivity index (χ4v) is 4.48. The van der Waals surface area contributed by atoms with Crippen LogP contribution in [0.25, 0.3) is 39.3 Å². The summed E-state index contributed by atoms with van der Waals surface area (Å²) in [5, 5.41) is 3.80. The summed E-state index contributed by atoms with van der Waals surface area (Å²) < 4.78 is 44.8. The van der Waals surface area contributed by atoms with E-state index in [9.17, 15) is 18.0 Å². The molecule has 0 fully saturated rings. The van der Waals surface area contributed by atoms with E-state index in [1.165, 1.54) is 17.1 Å². The van der Waals surface area contributed by atoms with E-state index in [0.717, 1.165) is 0 Å². The predicted octanol–water partition coefficient (Wildman–Crippen LogP) is 3.91. The molecule has 0 saturated heterocycles. The molecule has 0 atom stereocenters. The third-order valence-electron chi connectivity index (χ3n) is 6.14. The van der Waals surface area contributed by atoms with Gasteiger partial charge in [-0.05, 0) is 18.6 Å². The van der Waals surface area contributed by atoms with E-state index < -0.39 is 11.9 Å². The highest BCUT2D eigenvalue weighted by Gasteiger charge is 2.38. The lowest BCUT2D eigenvalue weighted by Crippen LogP contribution is -2.26. The van der Waals surface area contributed by atoms with Gasteiger partial charge in [0.2, 0.25) is 5.91 Å². The molecule has 1 aliphatic rings. The van der Waals surface area contributed by atoms with Crippen LogP contribution in [0.5, 0.6) is 0 Å². The maximum absolute atomic E-state index is 13.9. The third kappa shape index (κ3) is 3.52. The number of rotatable bonds is 0. The van der Waals surface area contributed by atoms with Crippen LogP contribution in [0.1, 0.15) is 24.2 Å². The summed E-state index contributed by atoms with van der Waals surface area (Å²) in [4.78, 5) is 31.1. The van der Waals surface area contributed by atoms with Crippen molar-refractivity contribution in [2.75, 3.05) is 7.05 Å². The Morgan fingerprint density at radius 2 is 2.00 bits per heavy atom. The van der Waals surface area contributed by atoms with Crippen molar-refractivity contribution in [2.45, 2.75) is 32.1 Å². The van der Waals surface area contributed by atoms with Gasteiger partial charge in [-0.25, -0.2) is 15.0 Å². The van der Waals surface area contributed by atoms with Crippen LogP contribution >= 0.6 is 0 Å². The summed E-state index contributed by atoms with van der Waals surface area (Å²) in [7, 11) is 1.68. The number of alkyl halides is 3. The molecule has 9 nitrogen and oxygen atoms in total. The first-order valence-corrected chi connectivity index (χ1v) is 11.0. The zero-order chi connectivity index (χ0) is 24.3. The van der Waals surface area contributed by atoms with Gasteiger partial charge in [-0.3, -0.25) is 13.9 Å². The molecular formula is C23H19F3N8O.